The van der Waals surface area contributed by atoms with Gasteiger partial charge in [0.25, 0.3) is 0 Å². The molecular weight excluding hydrogens is 312 g/mol. The molecule has 1 rings (SSSR count). The number of rotatable bonds is 3. The van der Waals surface area contributed by atoms with Gasteiger partial charge in [0.05, 0.1) is 10.1 Å². The molecule has 0 aliphatic carbocycles. The van der Waals surface area contributed by atoms with Crippen LogP contribution in [0.3, 0.4) is 0 Å². The van der Waals surface area contributed by atoms with Crippen molar-refractivity contribution in [2.75, 3.05) is 0 Å². The molecule has 1 heterocycles. The predicted molar refractivity (Wildman–Crippen MR) is 63.1 cm³/mol. The van der Waals surface area contributed by atoms with Crippen LogP contribution < -0.4 is 0 Å². The molecule has 4 heteroatoms. The Morgan fingerprint density at radius 2 is 2.21 bits per heavy atom. The minimum absolute atomic E-state index is 0.233. The number of hydrogen-bond acceptors (Lipinski definition) is 2. The normalized spacial score (nSPS) is 21.7. The zero-order valence-electron chi connectivity index (χ0n) is 8.14. The van der Waals surface area contributed by atoms with Crippen LogP contribution >= 0.6 is 31.9 Å². The maximum Gasteiger partial charge on any atom is 0.341 e. The second kappa shape index (κ2) is 5.12. The van der Waals surface area contributed by atoms with Crippen molar-refractivity contribution in [1.29, 1.82) is 0 Å². The van der Waals surface area contributed by atoms with E-state index in [2.05, 4.69) is 38.8 Å². The molecule has 0 aromatic heterocycles. The van der Waals surface area contributed by atoms with Gasteiger partial charge >= 0.3 is 5.97 Å². The molecule has 1 aliphatic rings. The first-order valence-electron chi connectivity index (χ1n) is 4.54. The van der Waals surface area contributed by atoms with E-state index in [1.165, 1.54) is 0 Å². The number of carbonyl (C=O) groups is 1. The Labute approximate surface area is 101 Å². The van der Waals surface area contributed by atoms with E-state index in [9.17, 15) is 4.79 Å². The van der Waals surface area contributed by atoms with Crippen molar-refractivity contribution < 1.29 is 9.53 Å². The highest BCUT2D eigenvalue weighted by Crippen LogP contribution is 2.36. The highest BCUT2D eigenvalue weighted by molar-refractivity contribution is 9.12. The van der Waals surface area contributed by atoms with Crippen LogP contribution in [0.1, 0.15) is 26.7 Å². The van der Waals surface area contributed by atoms with Crippen LogP contribution in [-0.4, -0.2) is 5.97 Å². The molecule has 0 radical (unpaired) electrons. The van der Waals surface area contributed by atoms with Crippen LogP contribution in [0, 0.1) is 5.92 Å². The highest BCUT2D eigenvalue weighted by atomic mass is 79.9. The van der Waals surface area contributed by atoms with Gasteiger partial charge in [-0.1, -0.05) is 36.2 Å². The monoisotopic (exact) mass is 322 g/mol. The van der Waals surface area contributed by atoms with Crippen LogP contribution in [0.4, 0.5) is 0 Å². The zero-order valence-corrected chi connectivity index (χ0v) is 11.3. The Kier molecular flexibility index (Phi) is 4.38. The quantitative estimate of drug-likeness (QED) is 0.737. The number of carbonyl (C=O) groups excluding carboxylic acids is 1. The molecule has 1 atom stereocenters. The molecule has 0 fully saturated rings. The molecule has 78 valence electrons. The third-order valence-electron chi connectivity index (χ3n) is 2.19. The fourth-order valence-electron chi connectivity index (χ4n) is 1.49. The van der Waals surface area contributed by atoms with E-state index in [1.807, 2.05) is 6.92 Å². The minimum Gasteiger partial charge on any atom is -0.421 e. The SMILES string of the molecule is CCC[C@@H](C)C1=C(Br)/C(=C/Br)OC1=O. The molecule has 0 bridgehead atoms. The summed E-state index contributed by atoms with van der Waals surface area (Å²) in [7, 11) is 0. The summed E-state index contributed by atoms with van der Waals surface area (Å²) in [6.07, 6.45) is 2.06. The molecular formula is C10H12Br2O2. The van der Waals surface area contributed by atoms with Crippen molar-refractivity contribution in [2.24, 2.45) is 5.92 Å². The van der Waals surface area contributed by atoms with E-state index in [4.69, 9.17) is 4.74 Å². The van der Waals surface area contributed by atoms with E-state index < -0.39 is 0 Å². The fourth-order valence-corrected chi connectivity index (χ4v) is 2.86. The number of esters is 1. The van der Waals surface area contributed by atoms with Crippen LogP contribution in [-0.2, 0) is 9.53 Å². The molecule has 0 saturated heterocycles. The molecule has 14 heavy (non-hydrogen) atoms. The number of allylic oxidation sites excluding steroid dienone is 1. The maximum absolute atomic E-state index is 11.5. The number of halogens is 2. The van der Waals surface area contributed by atoms with Crippen LogP contribution in [0.2, 0.25) is 0 Å². The predicted octanol–water partition coefficient (Wildman–Crippen LogP) is 3.86. The Morgan fingerprint density at radius 3 is 2.64 bits per heavy atom. The maximum atomic E-state index is 11.5. The first-order valence-corrected chi connectivity index (χ1v) is 6.25. The standard InChI is InChI=1S/C10H12Br2O2/c1-3-4-6(2)8-9(12)7(5-11)14-10(8)13/h5-6H,3-4H2,1-2H3/b7-5-/t6-/m1/s1. The molecule has 0 saturated carbocycles. The minimum atomic E-state index is -0.233. The van der Waals surface area contributed by atoms with Gasteiger partial charge in [-0.3, -0.25) is 0 Å². The summed E-state index contributed by atoms with van der Waals surface area (Å²) in [6, 6.07) is 0. The summed E-state index contributed by atoms with van der Waals surface area (Å²) in [6.45, 7) is 4.14. The second-order valence-corrected chi connectivity index (χ2v) is 4.53. The van der Waals surface area contributed by atoms with Crippen molar-refractivity contribution in [3.63, 3.8) is 0 Å². The first kappa shape index (κ1) is 12.0. The van der Waals surface area contributed by atoms with E-state index >= 15 is 0 Å². The average molecular weight is 324 g/mol. The lowest BCUT2D eigenvalue weighted by Crippen LogP contribution is -2.07. The fraction of sp³-hybridized carbons (Fsp3) is 0.500. The Balaban J connectivity index is 2.95. The molecule has 1 aliphatic heterocycles. The number of ether oxygens (including phenoxy) is 1. The largest absolute Gasteiger partial charge is 0.421 e. The third-order valence-corrected chi connectivity index (χ3v) is 3.42. The van der Waals surface area contributed by atoms with Gasteiger partial charge in [-0.25, -0.2) is 4.79 Å². The summed E-state index contributed by atoms with van der Waals surface area (Å²) in [5.41, 5.74) is 0.748. The summed E-state index contributed by atoms with van der Waals surface area (Å²) in [4.78, 5) is 13.1. The summed E-state index contributed by atoms with van der Waals surface area (Å²) < 4.78 is 5.84. The van der Waals surface area contributed by atoms with Crippen molar-refractivity contribution >= 4 is 37.8 Å². The lowest BCUT2D eigenvalue weighted by molar-refractivity contribution is -0.133. The Morgan fingerprint density at radius 1 is 1.57 bits per heavy atom. The average Bonchev–Trinajstić information content (AvgIpc) is 2.41. The Hall–Kier alpha value is -0.0900. The van der Waals surface area contributed by atoms with Crippen molar-refractivity contribution in [3.05, 3.63) is 20.8 Å². The van der Waals surface area contributed by atoms with E-state index in [0.717, 1.165) is 22.9 Å². The van der Waals surface area contributed by atoms with Crippen LogP contribution in [0.5, 0.6) is 0 Å². The smallest absolute Gasteiger partial charge is 0.341 e. The molecule has 0 amide bonds. The van der Waals surface area contributed by atoms with Gasteiger partial charge in [0.2, 0.25) is 0 Å². The second-order valence-electron chi connectivity index (χ2n) is 3.28. The van der Waals surface area contributed by atoms with E-state index in [0.29, 0.717) is 5.76 Å². The zero-order chi connectivity index (χ0) is 10.7. The lowest BCUT2D eigenvalue weighted by Gasteiger charge is -2.08. The van der Waals surface area contributed by atoms with E-state index in [-0.39, 0.29) is 11.9 Å². The summed E-state index contributed by atoms with van der Waals surface area (Å²) in [5.74, 6) is 0.573. The van der Waals surface area contributed by atoms with Gasteiger partial charge in [0, 0.05) is 4.99 Å². The van der Waals surface area contributed by atoms with Crippen molar-refractivity contribution in [3.8, 4) is 0 Å². The van der Waals surface area contributed by atoms with Gasteiger partial charge in [-0.05, 0) is 28.3 Å². The number of cyclic esters (lactones) is 1. The topological polar surface area (TPSA) is 26.3 Å². The molecule has 0 aromatic rings. The van der Waals surface area contributed by atoms with Gasteiger partial charge in [0.15, 0.2) is 5.76 Å². The molecule has 0 aromatic carbocycles. The first-order chi connectivity index (χ1) is 6.61. The van der Waals surface area contributed by atoms with Crippen LogP contribution in [0.25, 0.3) is 0 Å². The summed E-state index contributed by atoms with van der Waals surface area (Å²) in [5, 5.41) is 0. The Bertz CT molecular complexity index is 305. The van der Waals surface area contributed by atoms with Crippen LogP contribution in [0.15, 0.2) is 20.8 Å². The highest BCUT2D eigenvalue weighted by Gasteiger charge is 2.31. The number of hydrogen-bond donors (Lipinski definition) is 0. The van der Waals surface area contributed by atoms with Crippen molar-refractivity contribution in [1.82, 2.24) is 0 Å². The van der Waals surface area contributed by atoms with Crippen molar-refractivity contribution in [2.45, 2.75) is 26.7 Å². The van der Waals surface area contributed by atoms with Gasteiger partial charge < -0.3 is 4.74 Å². The summed E-state index contributed by atoms with van der Waals surface area (Å²) >= 11 is 6.53. The molecule has 0 N–H and O–H groups in total. The van der Waals surface area contributed by atoms with Gasteiger partial charge in [-0.2, -0.15) is 0 Å². The van der Waals surface area contributed by atoms with Gasteiger partial charge in [-0.15, -0.1) is 0 Å². The molecule has 2 nitrogen and oxygen atoms in total. The molecule has 0 unspecified atom stereocenters. The third kappa shape index (κ3) is 2.28. The van der Waals surface area contributed by atoms with E-state index in [1.54, 1.807) is 4.99 Å². The molecule has 0 spiro atoms. The lowest BCUT2D eigenvalue weighted by atomic mass is 9.97. The van der Waals surface area contributed by atoms with Gasteiger partial charge in [0.1, 0.15) is 0 Å².